The standard InChI is InChI=1S/C17H27NO4/c1-4-6-9-18-11-13(19)12-22-17-10-14(21-3)7-8-15(17)16(20)5-2/h7-8,10,13,18-19H,4-6,9,11-12H2,1-3H3. The van der Waals surface area contributed by atoms with Crippen LogP contribution < -0.4 is 14.8 Å². The van der Waals surface area contributed by atoms with Gasteiger partial charge in [0.15, 0.2) is 5.78 Å². The van der Waals surface area contributed by atoms with E-state index in [1.807, 2.05) is 6.92 Å². The summed E-state index contributed by atoms with van der Waals surface area (Å²) in [5.41, 5.74) is 0.523. The molecule has 1 aromatic rings. The van der Waals surface area contributed by atoms with Gasteiger partial charge in [-0.25, -0.2) is 0 Å². The molecule has 0 spiro atoms. The molecule has 5 heteroatoms. The molecule has 0 aliphatic carbocycles. The zero-order valence-corrected chi connectivity index (χ0v) is 13.7. The number of ketones is 1. The molecule has 0 radical (unpaired) electrons. The van der Waals surface area contributed by atoms with Gasteiger partial charge in [0.05, 0.1) is 12.7 Å². The lowest BCUT2D eigenvalue weighted by atomic mass is 10.1. The average molecular weight is 309 g/mol. The van der Waals surface area contributed by atoms with Gasteiger partial charge in [0.25, 0.3) is 0 Å². The molecule has 2 N–H and O–H groups in total. The number of unbranched alkanes of at least 4 members (excludes halogenated alkanes) is 1. The van der Waals surface area contributed by atoms with E-state index in [0.717, 1.165) is 19.4 Å². The molecule has 1 atom stereocenters. The molecule has 0 aliphatic rings. The Morgan fingerprint density at radius 3 is 2.77 bits per heavy atom. The number of benzene rings is 1. The molecule has 1 rings (SSSR count). The Labute approximate surface area is 132 Å². The molecule has 0 saturated heterocycles. The fourth-order valence-corrected chi connectivity index (χ4v) is 1.99. The van der Waals surface area contributed by atoms with Crippen molar-refractivity contribution in [2.45, 2.75) is 39.2 Å². The molecule has 0 aromatic heterocycles. The number of carbonyl (C=O) groups excluding carboxylic acids is 1. The van der Waals surface area contributed by atoms with E-state index in [2.05, 4.69) is 12.2 Å². The second-order valence-electron chi connectivity index (χ2n) is 5.16. The fourth-order valence-electron chi connectivity index (χ4n) is 1.99. The van der Waals surface area contributed by atoms with Crippen LogP contribution in [0.3, 0.4) is 0 Å². The molecule has 22 heavy (non-hydrogen) atoms. The van der Waals surface area contributed by atoms with Gasteiger partial charge in [0.2, 0.25) is 0 Å². The Bertz CT molecular complexity index is 462. The van der Waals surface area contributed by atoms with Gasteiger partial charge in [-0.05, 0) is 25.1 Å². The first-order valence-electron chi connectivity index (χ1n) is 7.85. The highest BCUT2D eigenvalue weighted by Crippen LogP contribution is 2.26. The molecule has 0 fully saturated rings. The van der Waals surface area contributed by atoms with Crippen molar-refractivity contribution in [3.8, 4) is 11.5 Å². The third-order valence-electron chi connectivity index (χ3n) is 3.33. The first kappa shape index (κ1) is 18.5. The van der Waals surface area contributed by atoms with Crippen molar-refractivity contribution in [2.75, 3.05) is 26.8 Å². The number of methoxy groups -OCH3 is 1. The number of aliphatic hydroxyl groups is 1. The lowest BCUT2D eigenvalue weighted by molar-refractivity contribution is 0.0954. The highest BCUT2D eigenvalue weighted by molar-refractivity contribution is 5.98. The van der Waals surface area contributed by atoms with E-state index in [4.69, 9.17) is 9.47 Å². The van der Waals surface area contributed by atoms with Crippen molar-refractivity contribution in [2.24, 2.45) is 0 Å². The molecule has 0 bridgehead atoms. The highest BCUT2D eigenvalue weighted by atomic mass is 16.5. The van der Waals surface area contributed by atoms with Crippen LogP contribution in [0.4, 0.5) is 0 Å². The van der Waals surface area contributed by atoms with Gasteiger partial charge in [-0.3, -0.25) is 4.79 Å². The quantitative estimate of drug-likeness (QED) is 0.485. The molecule has 1 aromatic carbocycles. The summed E-state index contributed by atoms with van der Waals surface area (Å²) in [6.45, 7) is 5.42. The Balaban J connectivity index is 2.60. The lowest BCUT2D eigenvalue weighted by Gasteiger charge is -2.16. The Morgan fingerprint density at radius 2 is 2.14 bits per heavy atom. The summed E-state index contributed by atoms with van der Waals surface area (Å²) in [4.78, 5) is 11.9. The lowest BCUT2D eigenvalue weighted by Crippen LogP contribution is -2.32. The number of hydrogen-bond donors (Lipinski definition) is 2. The number of rotatable bonds is 11. The largest absolute Gasteiger partial charge is 0.497 e. The molecule has 1 unspecified atom stereocenters. The van der Waals surface area contributed by atoms with Crippen LogP contribution in [0.25, 0.3) is 0 Å². The average Bonchev–Trinajstić information content (AvgIpc) is 2.55. The molecular weight excluding hydrogens is 282 g/mol. The number of carbonyl (C=O) groups is 1. The van der Waals surface area contributed by atoms with Crippen LogP contribution in [0.1, 0.15) is 43.5 Å². The Morgan fingerprint density at radius 1 is 1.36 bits per heavy atom. The van der Waals surface area contributed by atoms with Crippen molar-refractivity contribution >= 4 is 5.78 Å². The number of nitrogens with one attached hydrogen (secondary N) is 1. The maximum Gasteiger partial charge on any atom is 0.166 e. The SMILES string of the molecule is CCCCNCC(O)COc1cc(OC)ccc1C(=O)CC. The summed E-state index contributed by atoms with van der Waals surface area (Å²) < 4.78 is 10.8. The van der Waals surface area contributed by atoms with Gasteiger partial charge in [-0.2, -0.15) is 0 Å². The minimum Gasteiger partial charge on any atom is -0.497 e. The molecule has 0 amide bonds. The number of aliphatic hydroxyl groups excluding tert-OH is 1. The van der Waals surface area contributed by atoms with Crippen molar-refractivity contribution in [3.63, 3.8) is 0 Å². The second-order valence-corrected chi connectivity index (χ2v) is 5.16. The van der Waals surface area contributed by atoms with Crippen molar-refractivity contribution in [1.82, 2.24) is 5.32 Å². The molecule has 0 aliphatic heterocycles. The van der Waals surface area contributed by atoms with E-state index in [0.29, 0.717) is 30.0 Å². The van der Waals surface area contributed by atoms with E-state index < -0.39 is 6.10 Å². The Hall–Kier alpha value is -1.59. The van der Waals surface area contributed by atoms with Crippen molar-refractivity contribution < 1.29 is 19.4 Å². The summed E-state index contributed by atoms with van der Waals surface area (Å²) in [5, 5.41) is 13.1. The minimum absolute atomic E-state index is 0.00761. The summed E-state index contributed by atoms with van der Waals surface area (Å²) >= 11 is 0. The number of hydrogen-bond acceptors (Lipinski definition) is 5. The van der Waals surface area contributed by atoms with Gasteiger partial charge < -0.3 is 19.9 Å². The number of Topliss-reactive ketones (excluding diaryl/α,β-unsaturated/α-hetero) is 1. The zero-order valence-electron chi connectivity index (χ0n) is 13.7. The summed E-state index contributed by atoms with van der Waals surface area (Å²) in [7, 11) is 1.56. The summed E-state index contributed by atoms with van der Waals surface area (Å²) in [5.74, 6) is 1.09. The first-order chi connectivity index (χ1) is 10.6. The monoisotopic (exact) mass is 309 g/mol. The maximum atomic E-state index is 11.9. The predicted molar refractivity (Wildman–Crippen MR) is 86.9 cm³/mol. The number of ether oxygens (including phenoxy) is 2. The van der Waals surface area contributed by atoms with E-state index in [-0.39, 0.29) is 12.4 Å². The molecule has 5 nitrogen and oxygen atoms in total. The molecule has 0 heterocycles. The maximum absolute atomic E-state index is 11.9. The van der Waals surface area contributed by atoms with Gasteiger partial charge in [0, 0.05) is 19.0 Å². The minimum atomic E-state index is -0.618. The van der Waals surface area contributed by atoms with Crippen LogP contribution in [-0.4, -0.2) is 43.8 Å². The van der Waals surface area contributed by atoms with Crippen LogP contribution in [0.2, 0.25) is 0 Å². The smallest absolute Gasteiger partial charge is 0.166 e. The molecule has 124 valence electrons. The summed E-state index contributed by atoms with van der Waals surface area (Å²) in [6, 6.07) is 5.12. The van der Waals surface area contributed by atoms with Crippen LogP contribution in [0.5, 0.6) is 11.5 Å². The summed E-state index contributed by atoms with van der Waals surface area (Å²) in [6.07, 6.45) is 1.99. The van der Waals surface area contributed by atoms with Crippen molar-refractivity contribution in [3.05, 3.63) is 23.8 Å². The van der Waals surface area contributed by atoms with Gasteiger partial charge in [-0.15, -0.1) is 0 Å². The topological polar surface area (TPSA) is 67.8 Å². The van der Waals surface area contributed by atoms with Crippen LogP contribution in [-0.2, 0) is 0 Å². The molecular formula is C17H27NO4. The normalized spacial score (nSPS) is 12.0. The third-order valence-corrected chi connectivity index (χ3v) is 3.33. The van der Waals surface area contributed by atoms with E-state index in [1.165, 1.54) is 0 Å². The van der Waals surface area contributed by atoms with Crippen LogP contribution in [0, 0.1) is 0 Å². The second kappa shape index (κ2) is 10.2. The van der Waals surface area contributed by atoms with E-state index in [9.17, 15) is 9.90 Å². The van der Waals surface area contributed by atoms with Crippen molar-refractivity contribution in [1.29, 1.82) is 0 Å². The van der Waals surface area contributed by atoms with Crippen LogP contribution >= 0.6 is 0 Å². The molecule has 0 saturated carbocycles. The van der Waals surface area contributed by atoms with Gasteiger partial charge in [0.1, 0.15) is 24.2 Å². The Kier molecular flexibility index (Phi) is 8.55. The van der Waals surface area contributed by atoms with Gasteiger partial charge in [-0.1, -0.05) is 20.3 Å². The van der Waals surface area contributed by atoms with Gasteiger partial charge >= 0.3 is 0 Å². The van der Waals surface area contributed by atoms with E-state index >= 15 is 0 Å². The first-order valence-corrected chi connectivity index (χ1v) is 7.85. The van der Waals surface area contributed by atoms with Crippen LogP contribution in [0.15, 0.2) is 18.2 Å². The predicted octanol–water partition coefficient (Wildman–Crippen LogP) is 2.42. The third kappa shape index (κ3) is 6.03. The highest BCUT2D eigenvalue weighted by Gasteiger charge is 2.14. The van der Waals surface area contributed by atoms with E-state index in [1.54, 1.807) is 25.3 Å². The fraction of sp³-hybridized carbons (Fsp3) is 0.588. The zero-order chi connectivity index (χ0) is 16.4.